The summed E-state index contributed by atoms with van der Waals surface area (Å²) in [6, 6.07) is 1.74. The molecule has 0 fully saturated rings. The SMILES string of the molecule is CNCc1csc(S(=O)(=O)N(C)C(C)C(C)C)c1. The summed E-state index contributed by atoms with van der Waals surface area (Å²) in [7, 11) is 0.140. The highest BCUT2D eigenvalue weighted by molar-refractivity contribution is 7.91. The van der Waals surface area contributed by atoms with Crippen LogP contribution in [0.25, 0.3) is 0 Å². The summed E-state index contributed by atoms with van der Waals surface area (Å²) in [5, 5.41) is 4.90. The van der Waals surface area contributed by atoms with Crippen molar-refractivity contribution in [2.75, 3.05) is 14.1 Å². The molecular weight excluding hydrogens is 268 g/mol. The first-order valence-corrected chi connectivity index (χ1v) is 8.32. The van der Waals surface area contributed by atoms with Crippen LogP contribution in [0.2, 0.25) is 0 Å². The average molecular weight is 290 g/mol. The predicted octanol–water partition coefficient (Wildman–Crippen LogP) is 2.13. The summed E-state index contributed by atoms with van der Waals surface area (Å²) >= 11 is 1.28. The Bertz CT molecular complexity index is 480. The van der Waals surface area contributed by atoms with E-state index < -0.39 is 10.0 Å². The van der Waals surface area contributed by atoms with Gasteiger partial charge in [-0.05, 0) is 36.9 Å². The zero-order valence-electron chi connectivity index (χ0n) is 11.6. The number of hydrogen-bond donors (Lipinski definition) is 1. The van der Waals surface area contributed by atoms with Crippen LogP contribution >= 0.6 is 11.3 Å². The van der Waals surface area contributed by atoms with Crippen molar-refractivity contribution in [2.24, 2.45) is 5.92 Å². The van der Waals surface area contributed by atoms with E-state index in [1.165, 1.54) is 15.6 Å². The molecule has 0 aromatic carbocycles. The van der Waals surface area contributed by atoms with E-state index in [9.17, 15) is 8.42 Å². The Balaban J connectivity index is 2.98. The maximum atomic E-state index is 12.4. The third-order valence-electron chi connectivity index (χ3n) is 3.18. The van der Waals surface area contributed by atoms with Gasteiger partial charge in [-0.3, -0.25) is 0 Å². The molecule has 0 saturated heterocycles. The van der Waals surface area contributed by atoms with Crippen molar-refractivity contribution in [1.29, 1.82) is 0 Å². The van der Waals surface area contributed by atoms with Crippen molar-refractivity contribution in [1.82, 2.24) is 9.62 Å². The molecule has 1 N–H and O–H groups in total. The molecule has 104 valence electrons. The van der Waals surface area contributed by atoms with Gasteiger partial charge in [0.1, 0.15) is 4.21 Å². The van der Waals surface area contributed by atoms with Crippen molar-refractivity contribution in [3.8, 4) is 0 Å². The van der Waals surface area contributed by atoms with Gasteiger partial charge >= 0.3 is 0 Å². The van der Waals surface area contributed by atoms with Crippen LogP contribution in [0.1, 0.15) is 26.3 Å². The molecule has 0 amide bonds. The van der Waals surface area contributed by atoms with E-state index in [0.29, 0.717) is 16.7 Å². The number of nitrogens with zero attached hydrogens (tertiary/aromatic N) is 1. The standard InChI is InChI=1S/C12H22N2O2S2/c1-9(2)10(3)14(5)18(15,16)12-6-11(7-13-4)8-17-12/h6,8-10,13H,7H2,1-5H3. The van der Waals surface area contributed by atoms with Crippen LogP contribution in [0, 0.1) is 5.92 Å². The Morgan fingerprint density at radius 2 is 2.00 bits per heavy atom. The van der Waals surface area contributed by atoms with Crippen molar-refractivity contribution in [3.63, 3.8) is 0 Å². The molecule has 0 saturated carbocycles. The van der Waals surface area contributed by atoms with Crippen LogP contribution in [0.4, 0.5) is 0 Å². The molecule has 1 heterocycles. The van der Waals surface area contributed by atoms with Gasteiger partial charge in [0.25, 0.3) is 10.0 Å². The minimum Gasteiger partial charge on any atom is -0.316 e. The minimum atomic E-state index is -3.36. The minimum absolute atomic E-state index is 0.00940. The Hall–Kier alpha value is -0.430. The van der Waals surface area contributed by atoms with Gasteiger partial charge in [-0.1, -0.05) is 13.8 Å². The second kappa shape index (κ2) is 6.14. The first-order valence-electron chi connectivity index (χ1n) is 6.00. The first-order chi connectivity index (χ1) is 8.30. The fourth-order valence-electron chi connectivity index (χ4n) is 1.57. The Kier molecular flexibility index (Phi) is 5.33. The normalized spacial score (nSPS) is 14.4. The third kappa shape index (κ3) is 3.32. The lowest BCUT2D eigenvalue weighted by Crippen LogP contribution is -2.37. The molecule has 6 heteroatoms. The second-order valence-electron chi connectivity index (χ2n) is 4.81. The van der Waals surface area contributed by atoms with Crippen molar-refractivity contribution < 1.29 is 8.42 Å². The highest BCUT2D eigenvalue weighted by Crippen LogP contribution is 2.25. The van der Waals surface area contributed by atoms with E-state index in [1.807, 2.05) is 33.2 Å². The smallest absolute Gasteiger partial charge is 0.252 e. The van der Waals surface area contributed by atoms with Gasteiger partial charge in [0.15, 0.2) is 0 Å². The molecule has 1 atom stereocenters. The zero-order valence-corrected chi connectivity index (χ0v) is 13.2. The van der Waals surface area contributed by atoms with E-state index in [4.69, 9.17) is 0 Å². The summed E-state index contributed by atoms with van der Waals surface area (Å²) in [6.07, 6.45) is 0. The van der Waals surface area contributed by atoms with E-state index in [1.54, 1.807) is 13.1 Å². The van der Waals surface area contributed by atoms with Crippen LogP contribution in [-0.2, 0) is 16.6 Å². The summed E-state index contributed by atoms with van der Waals surface area (Å²) in [5.41, 5.74) is 1.01. The number of sulfonamides is 1. The maximum absolute atomic E-state index is 12.4. The van der Waals surface area contributed by atoms with Crippen LogP contribution in [0.3, 0.4) is 0 Å². The van der Waals surface area contributed by atoms with Crippen molar-refractivity contribution >= 4 is 21.4 Å². The molecule has 0 aliphatic heterocycles. The van der Waals surface area contributed by atoms with Gasteiger partial charge in [0, 0.05) is 19.6 Å². The molecule has 1 aromatic rings. The number of hydrogen-bond acceptors (Lipinski definition) is 4. The van der Waals surface area contributed by atoms with Crippen molar-refractivity contribution in [2.45, 2.75) is 37.6 Å². The molecule has 0 bridgehead atoms. The van der Waals surface area contributed by atoms with Crippen LogP contribution in [-0.4, -0.2) is 32.9 Å². The zero-order chi connectivity index (χ0) is 13.9. The topological polar surface area (TPSA) is 49.4 Å². The van der Waals surface area contributed by atoms with Gasteiger partial charge in [-0.25, -0.2) is 8.42 Å². The van der Waals surface area contributed by atoms with Gasteiger partial charge in [-0.15, -0.1) is 11.3 Å². The van der Waals surface area contributed by atoms with Gasteiger partial charge in [0.2, 0.25) is 0 Å². The highest BCUT2D eigenvalue weighted by Gasteiger charge is 2.28. The van der Waals surface area contributed by atoms with E-state index >= 15 is 0 Å². The lowest BCUT2D eigenvalue weighted by molar-refractivity contribution is 0.316. The van der Waals surface area contributed by atoms with Gasteiger partial charge in [-0.2, -0.15) is 4.31 Å². The van der Waals surface area contributed by atoms with Crippen molar-refractivity contribution in [3.05, 3.63) is 17.0 Å². The molecule has 0 aliphatic rings. The third-order valence-corrected chi connectivity index (χ3v) is 6.59. The quantitative estimate of drug-likeness (QED) is 0.873. The Morgan fingerprint density at radius 3 is 2.50 bits per heavy atom. The van der Waals surface area contributed by atoms with Crippen LogP contribution in [0.15, 0.2) is 15.7 Å². The van der Waals surface area contributed by atoms with Gasteiger partial charge in [0.05, 0.1) is 0 Å². The fourth-order valence-corrected chi connectivity index (χ4v) is 4.45. The maximum Gasteiger partial charge on any atom is 0.252 e. The molecule has 0 aliphatic carbocycles. The molecular formula is C12H22N2O2S2. The summed E-state index contributed by atoms with van der Waals surface area (Å²) in [4.78, 5) is 0. The largest absolute Gasteiger partial charge is 0.316 e. The first kappa shape index (κ1) is 15.6. The van der Waals surface area contributed by atoms with E-state index in [-0.39, 0.29) is 6.04 Å². The van der Waals surface area contributed by atoms with Crippen LogP contribution in [0.5, 0.6) is 0 Å². The monoisotopic (exact) mass is 290 g/mol. The Morgan fingerprint density at radius 1 is 1.39 bits per heavy atom. The van der Waals surface area contributed by atoms with Crippen LogP contribution < -0.4 is 5.32 Å². The average Bonchev–Trinajstić information content (AvgIpc) is 2.76. The molecule has 4 nitrogen and oxygen atoms in total. The summed E-state index contributed by atoms with van der Waals surface area (Å²) in [5.74, 6) is 0.293. The Labute approximate surface area is 114 Å². The predicted molar refractivity (Wildman–Crippen MR) is 76.3 cm³/mol. The lowest BCUT2D eigenvalue weighted by atomic mass is 10.1. The number of thiophene rings is 1. The van der Waals surface area contributed by atoms with Gasteiger partial charge < -0.3 is 5.32 Å². The second-order valence-corrected chi connectivity index (χ2v) is 7.95. The lowest BCUT2D eigenvalue weighted by Gasteiger charge is -2.26. The molecule has 0 radical (unpaired) electrons. The molecule has 0 spiro atoms. The fraction of sp³-hybridized carbons (Fsp3) is 0.667. The van der Waals surface area contributed by atoms with E-state index in [2.05, 4.69) is 5.32 Å². The molecule has 1 rings (SSSR count). The molecule has 1 unspecified atom stereocenters. The molecule has 18 heavy (non-hydrogen) atoms. The molecule has 1 aromatic heterocycles. The highest BCUT2D eigenvalue weighted by atomic mass is 32.2. The summed E-state index contributed by atoms with van der Waals surface area (Å²) in [6.45, 7) is 6.68. The summed E-state index contributed by atoms with van der Waals surface area (Å²) < 4.78 is 26.7. The number of nitrogens with one attached hydrogen (secondary N) is 1. The van der Waals surface area contributed by atoms with E-state index in [0.717, 1.165) is 5.56 Å². The number of rotatable bonds is 6.